The number of carbonyl (C=O) groups is 1. The van der Waals surface area contributed by atoms with Crippen LogP contribution in [0.5, 0.6) is 11.5 Å². The maximum absolute atomic E-state index is 13.6. The first kappa shape index (κ1) is 23.6. The fraction of sp³-hybridized carbons (Fsp3) is 0.276. The van der Waals surface area contributed by atoms with Gasteiger partial charge in [0.15, 0.2) is 0 Å². The lowest BCUT2D eigenvalue weighted by Crippen LogP contribution is -2.29. The van der Waals surface area contributed by atoms with Gasteiger partial charge in [0.1, 0.15) is 17.2 Å². The third kappa shape index (κ3) is 4.69. The highest BCUT2D eigenvalue weighted by Gasteiger charge is 2.42. The molecule has 1 atom stereocenters. The van der Waals surface area contributed by atoms with Crippen molar-refractivity contribution in [1.82, 2.24) is 20.1 Å². The number of rotatable bonds is 9. The molecule has 1 unspecified atom stereocenters. The van der Waals surface area contributed by atoms with Crippen LogP contribution >= 0.6 is 0 Å². The van der Waals surface area contributed by atoms with Crippen LogP contribution in [0.15, 0.2) is 73.1 Å². The molecule has 1 aliphatic rings. The number of benzene rings is 2. The molecule has 0 aliphatic carbocycles. The summed E-state index contributed by atoms with van der Waals surface area (Å²) in [5.74, 6) is 2.10. The van der Waals surface area contributed by atoms with E-state index in [1.54, 1.807) is 19.5 Å². The van der Waals surface area contributed by atoms with Crippen molar-refractivity contribution in [2.45, 2.75) is 32.9 Å². The Morgan fingerprint density at radius 3 is 2.44 bits per heavy atom. The first-order valence-electron chi connectivity index (χ1n) is 12.2. The van der Waals surface area contributed by atoms with E-state index >= 15 is 0 Å². The third-order valence-corrected chi connectivity index (χ3v) is 6.46. The number of aromatic nitrogens is 3. The van der Waals surface area contributed by atoms with Crippen molar-refractivity contribution in [3.05, 3.63) is 95.4 Å². The van der Waals surface area contributed by atoms with Crippen LogP contribution in [0.3, 0.4) is 0 Å². The van der Waals surface area contributed by atoms with Gasteiger partial charge in [0.05, 0.1) is 25.5 Å². The van der Waals surface area contributed by atoms with Crippen molar-refractivity contribution < 1.29 is 14.3 Å². The molecule has 1 amide bonds. The molecule has 36 heavy (non-hydrogen) atoms. The van der Waals surface area contributed by atoms with E-state index in [2.05, 4.69) is 29.0 Å². The number of fused-ring (bicyclic) bond motifs is 1. The van der Waals surface area contributed by atoms with E-state index in [9.17, 15) is 4.79 Å². The second-order valence-corrected chi connectivity index (χ2v) is 9.39. The monoisotopic (exact) mass is 482 g/mol. The molecule has 0 radical (unpaired) electrons. The van der Waals surface area contributed by atoms with Crippen molar-refractivity contribution in [2.24, 2.45) is 5.92 Å². The highest BCUT2D eigenvalue weighted by Crippen LogP contribution is 2.43. The maximum atomic E-state index is 13.6. The summed E-state index contributed by atoms with van der Waals surface area (Å²) >= 11 is 0. The second kappa shape index (κ2) is 10.2. The van der Waals surface area contributed by atoms with E-state index in [0.717, 1.165) is 45.9 Å². The fourth-order valence-electron chi connectivity index (χ4n) is 4.52. The smallest absolute Gasteiger partial charge is 0.273 e. The van der Waals surface area contributed by atoms with Crippen molar-refractivity contribution >= 4 is 5.91 Å². The normalized spacial score (nSPS) is 14.8. The van der Waals surface area contributed by atoms with Gasteiger partial charge in [-0.15, -0.1) is 0 Å². The van der Waals surface area contributed by atoms with E-state index in [1.807, 2.05) is 65.6 Å². The quantitative estimate of drug-likeness (QED) is 0.333. The molecule has 1 aliphatic heterocycles. The first-order valence-corrected chi connectivity index (χ1v) is 12.2. The predicted octanol–water partition coefficient (Wildman–Crippen LogP) is 5.65. The Labute approximate surface area is 211 Å². The minimum atomic E-state index is -0.298. The zero-order valence-corrected chi connectivity index (χ0v) is 20.8. The molecule has 184 valence electrons. The molecule has 2 aromatic carbocycles. The zero-order valence-electron chi connectivity index (χ0n) is 20.8. The summed E-state index contributed by atoms with van der Waals surface area (Å²) in [6.07, 6.45) is 4.53. The van der Waals surface area contributed by atoms with Gasteiger partial charge in [-0.25, -0.2) is 0 Å². The summed E-state index contributed by atoms with van der Waals surface area (Å²) in [6.45, 7) is 5.49. The van der Waals surface area contributed by atoms with Crippen LogP contribution in [0.25, 0.3) is 11.3 Å². The maximum Gasteiger partial charge on any atom is 0.273 e. The van der Waals surface area contributed by atoms with Crippen molar-refractivity contribution in [1.29, 1.82) is 0 Å². The number of H-pyrrole nitrogens is 1. The molecule has 0 saturated carbocycles. The molecular formula is C29H30N4O3. The first-order chi connectivity index (χ1) is 17.5. The van der Waals surface area contributed by atoms with E-state index in [0.29, 0.717) is 24.8 Å². The molecule has 4 aromatic rings. The Bertz CT molecular complexity index is 1320. The Morgan fingerprint density at radius 2 is 1.78 bits per heavy atom. The van der Waals surface area contributed by atoms with E-state index in [-0.39, 0.29) is 11.9 Å². The number of ether oxygens (including phenoxy) is 2. The van der Waals surface area contributed by atoms with Crippen molar-refractivity contribution in [3.8, 4) is 22.8 Å². The van der Waals surface area contributed by atoms with Crippen LogP contribution in [0.4, 0.5) is 0 Å². The number of methoxy groups -OCH3 is 1. The van der Waals surface area contributed by atoms with E-state index < -0.39 is 0 Å². The lowest BCUT2D eigenvalue weighted by atomic mass is 9.96. The molecule has 1 N–H and O–H groups in total. The van der Waals surface area contributed by atoms with Gasteiger partial charge >= 0.3 is 0 Å². The summed E-state index contributed by atoms with van der Waals surface area (Å²) in [6, 6.07) is 19.3. The highest BCUT2D eigenvalue weighted by molar-refractivity contribution is 6.00. The van der Waals surface area contributed by atoms with Gasteiger partial charge in [0, 0.05) is 30.1 Å². The third-order valence-electron chi connectivity index (χ3n) is 6.46. The van der Waals surface area contributed by atoms with Crippen LogP contribution in [0.2, 0.25) is 0 Å². The molecule has 7 heteroatoms. The van der Waals surface area contributed by atoms with Gasteiger partial charge in [-0.2, -0.15) is 5.10 Å². The molecule has 3 heterocycles. The Hall–Kier alpha value is -4.13. The molecule has 7 nitrogen and oxygen atoms in total. The van der Waals surface area contributed by atoms with Gasteiger partial charge in [0.2, 0.25) is 0 Å². The van der Waals surface area contributed by atoms with Crippen LogP contribution < -0.4 is 9.47 Å². The highest BCUT2D eigenvalue weighted by atomic mass is 16.5. The van der Waals surface area contributed by atoms with Crippen molar-refractivity contribution in [3.63, 3.8) is 0 Å². The average Bonchev–Trinajstić information content (AvgIpc) is 3.44. The number of pyridine rings is 1. The second-order valence-electron chi connectivity index (χ2n) is 9.39. The Kier molecular flexibility index (Phi) is 6.71. The number of aromatic amines is 1. The van der Waals surface area contributed by atoms with Crippen LogP contribution in [0, 0.1) is 5.92 Å². The van der Waals surface area contributed by atoms with E-state index in [1.165, 1.54) is 0 Å². The van der Waals surface area contributed by atoms with Gasteiger partial charge in [-0.1, -0.05) is 32.0 Å². The lowest BCUT2D eigenvalue weighted by molar-refractivity contribution is 0.0730. The predicted molar refractivity (Wildman–Crippen MR) is 138 cm³/mol. The standard InChI is InChI=1S/C29H30N4O3/c1-19(2)14-16-36-24-12-8-22(9-13-24)28-25-26(21-6-10-23(35-3)11-7-21)31-32-27(25)29(34)33(28)18-20-5-4-15-30-17-20/h4-13,15,17,19,28H,14,16,18H2,1-3H3,(H,31,32). The largest absolute Gasteiger partial charge is 0.497 e. The molecule has 0 spiro atoms. The van der Waals surface area contributed by atoms with Gasteiger partial charge < -0.3 is 14.4 Å². The van der Waals surface area contributed by atoms with Gasteiger partial charge in [-0.3, -0.25) is 14.9 Å². The summed E-state index contributed by atoms with van der Waals surface area (Å²) in [7, 11) is 1.64. The van der Waals surface area contributed by atoms with Crippen LogP contribution in [-0.2, 0) is 6.54 Å². The lowest BCUT2D eigenvalue weighted by Gasteiger charge is -2.26. The number of nitrogens with one attached hydrogen (secondary N) is 1. The minimum Gasteiger partial charge on any atom is -0.497 e. The Morgan fingerprint density at radius 1 is 1.03 bits per heavy atom. The van der Waals surface area contributed by atoms with Crippen LogP contribution in [-0.4, -0.2) is 39.7 Å². The number of hydrogen-bond acceptors (Lipinski definition) is 5. The van der Waals surface area contributed by atoms with Gasteiger partial charge in [-0.05, 0) is 65.9 Å². The number of hydrogen-bond donors (Lipinski definition) is 1. The fourth-order valence-corrected chi connectivity index (χ4v) is 4.52. The Balaban J connectivity index is 1.52. The summed E-state index contributed by atoms with van der Waals surface area (Å²) in [4.78, 5) is 19.7. The van der Waals surface area contributed by atoms with Gasteiger partial charge in [0.25, 0.3) is 5.91 Å². The average molecular weight is 483 g/mol. The summed E-state index contributed by atoms with van der Waals surface area (Å²) < 4.78 is 11.2. The molecule has 0 bridgehead atoms. The zero-order chi connectivity index (χ0) is 25.1. The minimum absolute atomic E-state index is 0.0802. The molecular weight excluding hydrogens is 452 g/mol. The van der Waals surface area contributed by atoms with Crippen LogP contribution in [0.1, 0.15) is 53.5 Å². The summed E-state index contributed by atoms with van der Waals surface area (Å²) in [5.41, 5.74) is 5.04. The summed E-state index contributed by atoms with van der Waals surface area (Å²) in [5, 5.41) is 7.57. The van der Waals surface area contributed by atoms with Crippen molar-refractivity contribution in [2.75, 3.05) is 13.7 Å². The number of carbonyl (C=O) groups excluding carboxylic acids is 1. The number of nitrogens with zero attached hydrogens (tertiary/aromatic N) is 3. The van der Waals surface area contributed by atoms with E-state index in [4.69, 9.17) is 9.47 Å². The SMILES string of the molecule is COc1ccc(-c2n[nH]c3c2C(c2ccc(OCCC(C)C)cc2)N(Cc2cccnc2)C3=O)cc1. The molecule has 0 saturated heterocycles. The topological polar surface area (TPSA) is 80.3 Å². The number of amides is 1. The molecule has 0 fully saturated rings. The molecule has 5 rings (SSSR count). The molecule has 2 aromatic heterocycles.